The molecule has 0 bridgehead atoms. The maximum absolute atomic E-state index is 12.8. The average Bonchev–Trinajstić information content (AvgIpc) is 3.09. The molecule has 1 aromatic heterocycles. The van der Waals surface area contributed by atoms with Crippen LogP contribution in [0.2, 0.25) is 0 Å². The zero-order valence-corrected chi connectivity index (χ0v) is 17.3. The number of fused-ring (bicyclic) bond motifs is 1. The standard InChI is InChI=1S/C24H28N2O3/c1-16(2)19-14-20-18(15-29-23(20)12-17(19)3)13-24(27)25-21-6-4-5-7-22(21)26-8-10-28-11-9-26/h4-7,12,14-16H,8-11,13H2,1-3H3,(H,25,27). The van der Waals surface area contributed by atoms with Gasteiger partial charge in [-0.1, -0.05) is 26.0 Å². The van der Waals surface area contributed by atoms with Gasteiger partial charge in [-0.05, 0) is 48.2 Å². The summed E-state index contributed by atoms with van der Waals surface area (Å²) in [6.07, 6.45) is 1.99. The molecule has 0 aliphatic carbocycles. The van der Waals surface area contributed by atoms with Crippen molar-refractivity contribution in [3.8, 4) is 0 Å². The van der Waals surface area contributed by atoms with Crippen LogP contribution in [-0.4, -0.2) is 32.2 Å². The Labute approximate surface area is 171 Å². The third-order valence-electron chi connectivity index (χ3n) is 5.55. The number of nitrogens with one attached hydrogen (secondary N) is 1. The molecule has 0 spiro atoms. The van der Waals surface area contributed by atoms with Crippen molar-refractivity contribution < 1.29 is 13.9 Å². The van der Waals surface area contributed by atoms with Crippen LogP contribution < -0.4 is 10.2 Å². The second-order valence-corrected chi connectivity index (χ2v) is 7.96. The minimum absolute atomic E-state index is 0.0416. The maximum atomic E-state index is 12.8. The second kappa shape index (κ2) is 8.29. The van der Waals surface area contributed by atoms with Gasteiger partial charge >= 0.3 is 0 Å². The maximum Gasteiger partial charge on any atom is 0.228 e. The minimum atomic E-state index is -0.0416. The van der Waals surface area contributed by atoms with Crippen LogP contribution in [0.15, 0.2) is 47.1 Å². The molecule has 152 valence electrons. The molecular weight excluding hydrogens is 364 g/mol. The summed E-state index contributed by atoms with van der Waals surface area (Å²) in [6.45, 7) is 9.55. The van der Waals surface area contributed by atoms with E-state index in [1.807, 2.05) is 24.3 Å². The van der Waals surface area contributed by atoms with Crippen molar-refractivity contribution in [3.05, 3.63) is 59.4 Å². The van der Waals surface area contributed by atoms with Gasteiger partial charge in [-0.15, -0.1) is 0 Å². The molecule has 4 rings (SSSR count). The Kier molecular flexibility index (Phi) is 5.58. The summed E-state index contributed by atoms with van der Waals surface area (Å²) in [6, 6.07) is 12.2. The molecule has 2 heterocycles. The fraction of sp³-hybridized carbons (Fsp3) is 0.375. The van der Waals surface area contributed by atoms with E-state index in [9.17, 15) is 4.79 Å². The number of furan rings is 1. The lowest BCUT2D eigenvalue weighted by atomic mass is 9.95. The highest BCUT2D eigenvalue weighted by atomic mass is 16.5. The molecule has 1 amide bonds. The Morgan fingerprint density at radius 1 is 1.17 bits per heavy atom. The highest BCUT2D eigenvalue weighted by Gasteiger charge is 2.17. The quantitative estimate of drug-likeness (QED) is 0.672. The van der Waals surface area contributed by atoms with E-state index in [4.69, 9.17) is 9.15 Å². The average molecular weight is 392 g/mol. The summed E-state index contributed by atoms with van der Waals surface area (Å²) in [4.78, 5) is 15.1. The summed E-state index contributed by atoms with van der Waals surface area (Å²) in [5.74, 6) is 0.386. The first-order chi connectivity index (χ1) is 14.0. The lowest BCUT2D eigenvalue weighted by molar-refractivity contribution is -0.115. The molecule has 0 saturated carbocycles. The molecule has 1 N–H and O–H groups in total. The molecular formula is C24H28N2O3. The van der Waals surface area contributed by atoms with Crippen LogP contribution in [0.1, 0.15) is 36.5 Å². The van der Waals surface area contributed by atoms with Crippen molar-refractivity contribution in [2.24, 2.45) is 0 Å². The predicted octanol–water partition coefficient (Wildman–Crippen LogP) is 4.88. The molecule has 0 atom stereocenters. The predicted molar refractivity (Wildman–Crippen MR) is 117 cm³/mol. The highest BCUT2D eigenvalue weighted by molar-refractivity contribution is 5.98. The van der Waals surface area contributed by atoms with Crippen LogP contribution in [0, 0.1) is 6.92 Å². The molecule has 1 fully saturated rings. The van der Waals surface area contributed by atoms with Gasteiger partial charge in [0.05, 0.1) is 37.3 Å². The van der Waals surface area contributed by atoms with Crippen molar-refractivity contribution in [1.29, 1.82) is 0 Å². The Balaban J connectivity index is 1.54. The van der Waals surface area contributed by atoms with E-state index < -0.39 is 0 Å². The smallest absolute Gasteiger partial charge is 0.228 e. The summed E-state index contributed by atoms with van der Waals surface area (Å²) in [7, 11) is 0. The van der Waals surface area contributed by atoms with Gasteiger partial charge in [0.2, 0.25) is 5.91 Å². The first kappa shape index (κ1) is 19.5. The molecule has 3 aromatic rings. The number of morpholine rings is 1. The Hall–Kier alpha value is -2.79. The fourth-order valence-electron chi connectivity index (χ4n) is 4.03. The van der Waals surface area contributed by atoms with Gasteiger partial charge in [0.1, 0.15) is 5.58 Å². The van der Waals surface area contributed by atoms with E-state index in [2.05, 4.69) is 43.1 Å². The monoisotopic (exact) mass is 392 g/mol. The van der Waals surface area contributed by atoms with Crippen molar-refractivity contribution in [2.45, 2.75) is 33.1 Å². The Morgan fingerprint density at radius 2 is 1.93 bits per heavy atom. The molecule has 1 aliphatic heterocycles. The summed E-state index contributed by atoms with van der Waals surface area (Å²) >= 11 is 0. The molecule has 0 radical (unpaired) electrons. The van der Waals surface area contributed by atoms with Gasteiger partial charge < -0.3 is 19.4 Å². The van der Waals surface area contributed by atoms with Crippen molar-refractivity contribution in [2.75, 3.05) is 36.5 Å². The van der Waals surface area contributed by atoms with E-state index in [-0.39, 0.29) is 12.3 Å². The normalized spacial score (nSPS) is 14.6. The van der Waals surface area contributed by atoms with E-state index in [1.54, 1.807) is 6.26 Å². The Morgan fingerprint density at radius 3 is 2.69 bits per heavy atom. The van der Waals surface area contributed by atoms with Gasteiger partial charge in [0.25, 0.3) is 0 Å². The zero-order chi connectivity index (χ0) is 20.4. The zero-order valence-electron chi connectivity index (χ0n) is 17.3. The highest BCUT2D eigenvalue weighted by Crippen LogP contribution is 2.30. The lowest BCUT2D eigenvalue weighted by Crippen LogP contribution is -2.36. The van der Waals surface area contributed by atoms with E-state index >= 15 is 0 Å². The number of ether oxygens (including phenoxy) is 1. The van der Waals surface area contributed by atoms with Crippen LogP contribution in [0.5, 0.6) is 0 Å². The number of hydrogen-bond donors (Lipinski definition) is 1. The number of aryl methyl sites for hydroxylation is 1. The van der Waals surface area contributed by atoms with Crippen molar-refractivity contribution in [3.63, 3.8) is 0 Å². The van der Waals surface area contributed by atoms with Gasteiger partial charge in [-0.2, -0.15) is 0 Å². The fourth-order valence-corrected chi connectivity index (χ4v) is 4.03. The number of anilines is 2. The van der Waals surface area contributed by atoms with Gasteiger partial charge in [-0.25, -0.2) is 0 Å². The molecule has 2 aromatic carbocycles. The van der Waals surface area contributed by atoms with Crippen molar-refractivity contribution >= 4 is 28.3 Å². The minimum Gasteiger partial charge on any atom is -0.464 e. The second-order valence-electron chi connectivity index (χ2n) is 7.96. The van der Waals surface area contributed by atoms with Crippen LogP contribution in [-0.2, 0) is 16.0 Å². The molecule has 5 heteroatoms. The van der Waals surface area contributed by atoms with Gasteiger partial charge in [0.15, 0.2) is 0 Å². The summed E-state index contributed by atoms with van der Waals surface area (Å²) in [5, 5.41) is 4.12. The first-order valence-corrected chi connectivity index (χ1v) is 10.2. The molecule has 29 heavy (non-hydrogen) atoms. The van der Waals surface area contributed by atoms with Crippen molar-refractivity contribution in [1.82, 2.24) is 0 Å². The number of amides is 1. The number of nitrogens with zero attached hydrogens (tertiary/aromatic N) is 1. The molecule has 1 aliphatic rings. The van der Waals surface area contributed by atoms with Crippen LogP contribution in [0.3, 0.4) is 0 Å². The third kappa shape index (κ3) is 4.15. The molecule has 0 unspecified atom stereocenters. The number of carbonyl (C=O) groups excluding carboxylic acids is 1. The summed E-state index contributed by atoms with van der Waals surface area (Å²) in [5.41, 5.74) is 6.15. The summed E-state index contributed by atoms with van der Waals surface area (Å²) < 4.78 is 11.2. The topological polar surface area (TPSA) is 54.7 Å². The van der Waals surface area contributed by atoms with Crippen LogP contribution >= 0.6 is 0 Å². The van der Waals surface area contributed by atoms with E-state index in [1.165, 1.54) is 11.1 Å². The van der Waals surface area contributed by atoms with Crippen LogP contribution in [0.25, 0.3) is 11.0 Å². The van der Waals surface area contributed by atoms with Crippen LogP contribution in [0.4, 0.5) is 11.4 Å². The number of benzene rings is 2. The molecule has 1 saturated heterocycles. The van der Waals surface area contributed by atoms with E-state index in [0.717, 1.165) is 41.0 Å². The number of carbonyl (C=O) groups is 1. The number of rotatable bonds is 5. The largest absolute Gasteiger partial charge is 0.464 e. The van der Waals surface area contributed by atoms with Gasteiger partial charge in [0, 0.05) is 24.0 Å². The van der Waals surface area contributed by atoms with Gasteiger partial charge in [-0.3, -0.25) is 4.79 Å². The van der Waals surface area contributed by atoms with E-state index in [0.29, 0.717) is 19.1 Å². The lowest BCUT2D eigenvalue weighted by Gasteiger charge is -2.30. The number of hydrogen-bond acceptors (Lipinski definition) is 4. The SMILES string of the molecule is Cc1cc2occ(CC(=O)Nc3ccccc3N3CCOCC3)c2cc1C(C)C. The molecule has 5 nitrogen and oxygen atoms in total. The number of para-hydroxylation sites is 2. The third-order valence-corrected chi connectivity index (χ3v) is 5.55. The first-order valence-electron chi connectivity index (χ1n) is 10.2. The Bertz CT molecular complexity index is 1020.